The van der Waals surface area contributed by atoms with E-state index in [4.69, 9.17) is 4.74 Å². The average molecular weight is 467 g/mol. The zero-order valence-corrected chi connectivity index (χ0v) is 19.6. The van der Waals surface area contributed by atoms with Crippen LogP contribution in [0.25, 0.3) is 28.0 Å². The Bertz CT molecular complexity index is 1440. The number of rotatable bonds is 6. The van der Waals surface area contributed by atoms with Crippen LogP contribution < -0.4 is 5.32 Å². The lowest BCUT2D eigenvalue weighted by Gasteiger charge is -2.09. The van der Waals surface area contributed by atoms with E-state index >= 15 is 0 Å². The molecule has 168 valence electrons. The first-order valence-electron chi connectivity index (χ1n) is 10.8. The molecule has 6 heteroatoms. The monoisotopic (exact) mass is 466 g/mol. The summed E-state index contributed by atoms with van der Waals surface area (Å²) in [6.07, 6.45) is 1.57. The highest BCUT2D eigenvalue weighted by Crippen LogP contribution is 2.36. The van der Waals surface area contributed by atoms with Gasteiger partial charge in [-0.05, 0) is 41.8 Å². The van der Waals surface area contributed by atoms with E-state index in [1.807, 2.05) is 85.1 Å². The van der Waals surface area contributed by atoms with Gasteiger partial charge < -0.3 is 10.1 Å². The van der Waals surface area contributed by atoms with Crippen molar-refractivity contribution in [2.45, 2.75) is 13.8 Å². The Balaban J connectivity index is 1.70. The fourth-order valence-electron chi connectivity index (χ4n) is 3.65. The molecule has 1 N–H and O–H groups in total. The van der Waals surface area contributed by atoms with Gasteiger partial charge in [0, 0.05) is 10.9 Å². The molecule has 0 radical (unpaired) electrons. The van der Waals surface area contributed by atoms with Crippen LogP contribution in [0.5, 0.6) is 0 Å². The highest BCUT2D eigenvalue weighted by molar-refractivity contribution is 7.15. The van der Waals surface area contributed by atoms with Gasteiger partial charge in [0.1, 0.15) is 22.2 Å². The van der Waals surface area contributed by atoms with Crippen molar-refractivity contribution in [3.05, 3.63) is 94.4 Å². The summed E-state index contributed by atoms with van der Waals surface area (Å²) in [5.74, 6) is -1.11. The maximum atomic E-state index is 13.1. The number of hydrogen-bond acceptors (Lipinski definition) is 5. The minimum Gasteiger partial charge on any atom is -0.462 e. The van der Waals surface area contributed by atoms with Gasteiger partial charge in [-0.2, -0.15) is 5.26 Å². The molecule has 0 spiro atoms. The van der Waals surface area contributed by atoms with Crippen LogP contribution in [0.1, 0.15) is 28.4 Å². The molecule has 0 bridgehead atoms. The highest BCUT2D eigenvalue weighted by atomic mass is 32.1. The minimum atomic E-state index is -0.585. The first-order valence-corrected chi connectivity index (χ1v) is 11.7. The molecular weight excluding hydrogens is 444 g/mol. The zero-order chi connectivity index (χ0) is 24.1. The second kappa shape index (κ2) is 10.2. The second-order valence-electron chi connectivity index (χ2n) is 7.63. The fraction of sp³-hybridized carbons (Fsp3) is 0.107. The van der Waals surface area contributed by atoms with Gasteiger partial charge in [0.2, 0.25) is 0 Å². The van der Waals surface area contributed by atoms with Crippen molar-refractivity contribution in [2.24, 2.45) is 0 Å². The molecule has 0 aliphatic heterocycles. The van der Waals surface area contributed by atoms with Crippen LogP contribution in [0.15, 0.2) is 77.7 Å². The molecule has 0 aliphatic rings. The summed E-state index contributed by atoms with van der Waals surface area (Å²) in [5, 5.41) is 16.6. The largest absolute Gasteiger partial charge is 0.462 e. The number of esters is 1. The molecule has 0 fully saturated rings. The van der Waals surface area contributed by atoms with Crippen LogP contribution in [0.3, 0.4) is 0 Å². The minimum absolute atomic E-state index is 0.0588. The molecule has 5 nitrogen and oxygen atoms in total. The van der Waals surface area contributed by atoms with Crippen molar-refractivity contribution < 1.29 is 14.3 Å². The number of fused-ring (bicyclic) bond motifs is 1. The van der Waals surface area contributed by atoms with Crippen LogP contribution in [0.2, 0.25) is 0 Å². The molecule has 4 rings (SSSR count). The predicted molar refractivity (Wildman–Crippen MR) is 137 cm³/mol. The number of nitrogens with zero attached hydrogens (tertiary/aromatic N) is 1. The molecule has 0 atom stereocenters. The molecule has 0 saturated heterocycles. The molecule has 3 aromatic carbocycles. The Morgan fingerprint density at radius 3 is 2.53 bits per heavy atom. The molecule has 1 amide bonds. The lowest BCUT2D eigenvalue weighted by atomic mass is 10.0. The van der Waals surface area contributed by atoms with E-state index in [2.05, 4.69) is 5.32 Å². The van der Waals surface area contributed by atoms with E-state index in [0.717, 1.165) is 27.5 Å². The van der Waals surface area contributed by atoms with Crippen LogP contribution in [0, 0.1) is 18.3 Å². The Hall–Kier alpha value is -4.21. The lowest BCUT2D eigenvalue weighted by Crippen LogP contribution is -2.16. The summed E-state index contributed by atoms with van der Waals surface area (Å²) in [4.78, 5) is 25.9. The van der Waals surface area contributed by atoms with Gasteiger partial charge in [0.25, 0.3) is 5.91 Å². The van der Waals surface area contributed by atoms with Crippen molar-refractivity contribution in [3.8, 4) is 17.2 Å². The maximum Gasteiger partial charge on any atom is 0.341 e. The normalized spacial score (nSPS) is 11.1. The van der Waals surface area contributed by atoms with Crippen LogP contribution in [-0.4, -0.2) is 18.5 Å². The van der Waals surface area contributed by atoms with Gasteiger partial charge in [-0.1, -0.05) is 72.3 Å². The maximum absolute atomic E-state index is 13.1. The number of amides is 1. The van der Waals surface area contributed by atoms with Crippen LogP contribution in [-0.2, 0) is 9.53 Å². The first-order chi connectivity index (χ1) is 16.5. The van der Waals surface area contributed by atoms with Crippen molar-refractivity contribution in [1.82, 2.24) is 0 Å². The highest BCUT2D eigenvalue weighted by Gasteiger charge is 2.23. The average Bonchev–Trinajstić information content (AvgIpc) is 3.26. The van der Waals surface area contributed by atoms with Gasteiger partial charge in [0.05, 0.1) is 6.61 Å². The first kappa shape index (κ1) is 23.0. The number of carbonyl (C=O) groups is 2. The van der Waals surface area contributed by atoms with Crippen molar-refractivity contribution in [3.63, 3.8) is 0 Å². The summed E-state index contributed by atoms with van der Waals surface area (Å²) >= 11 is 1.23. The van der Waals surface area contributed by atoms with Crippen LogP contribution >= 0.6 is 11.3 Å². The molecule has 34 heavy (non-hydrogen) atoms. The van der Waals surface area contributed by atoms with E-state index in [9.17, 15) is 14.9 Å². The van der Waals surface area contributed by atoms with Gasteiger partial charge in [-0.15, -0.1) is 11.3 Å². The number of thiophene rings is 1. The van der Waals surface area contributed by atoms with Crippen molar-refractivity contribution in [2.75, 3.05) is 11.9 Å². The van der Waals surface area contributed by atoms with Crippen molar-refractivity contribution in [1.29, 1.82) is 5.26 Å². The summed E-state index contributed by atoms with van der Waals surface area (Å²) < 4.78 is 5.26. The Morgan fingerprint density at radius 1 is 1.06 bits per heavy atom. The number of nitrogens with one attached hydrogen (secondary N) is 1. The number of anilines is 1. The van der Waals surface area contributed by atoms with E-state index in [1.54, 1.807) is 13.0 Å². The second-order valence-corrected chi connectivity index (χ2v) is 8.51. The molecule has 1 aromatic heterocycles. The topological polar surface area (TPSA) is 79.2 Å². The standard InChI is InChI=1S/C28H22N2O3S/c1-3-33-28(32)25-24(20-13-11-18(2)12-14-20)17-34-27(25)30-26(31)22(16-29)15-21-9-6-8-19-7-4-5-10-23(19)21/h4-15,17H,3H2,1-2H3,(H,30,31)/b22-15+. The summed E-state index contributed by atoms with van der Waals surface area (Å²) in [6, 6.07) is 23.2. The third kappa shape index (κ3) is 4.75. The van der Waals surface area contributed by atoms with E-state index in [1.165, 1.54) is 11.3 Å². The molecule has 4 aromatic rings. The third-order valence-corrected chi connectivity index (χ3v) is 6.24. The number of hydrogen-bond donors (Lipinski definition) is 1. The molecular formula is C28H22N2O3S. The van der Waals surface area contributed by atoms with E-state index in [-0.39, 0.29) is 17.7 Å². The number of aryl methyl sites for hydroxylation is 1. The SMILES string of the molecule is CCOC(=O)c1c(-c2ccc(C)cc2)csc1NC(=O)/C(C#N)=C/c1cccc2ccccc12. The van der Waals surface area contributed by atoms with Gasteiger partial charge in [0.15, 0.2) is 0 Å². The Labute approximate surface area is 201 Å². The Morgan fingerprint density at radius 2 is 1.79 bits per heavy atom. The number of nitriles is 1. The number of benzene rings is 3. The third-order valence-electron chi connectivity index (χ3n) is 5.35. The van der Waals surface area contributed by atoms with Crippen molar-refractivity contribution >= 4 is 45.1 Å². The van der Waals surface area contributed by atoms with Gasteiger partial charge in [-0.3, -0.25) is 4.79 Å². The van der Waals surface area contributed by atoms with Crippen LogP contribution in [0.4, 0.5) is 5.00 Å². The summed E-state index contributed by atoms with van der Waals surface area (Å²) in [7, 11) is 0. The quantitative estimate of drug-likeness (QED) is 0.197. The smallest absolute Gasteiger partial charge is 0.341 e. The lowest BCUT2D eigenvalue weighted by molar-refractivity contribution is -0.112. The molecule has 1 heterocycles. The summed E-state index contributed by atoms with van der Waals surface area (Å²) in [5.41, 5.74) is 3.61. The van der Waals surface area contributed by atoms with E-state index in [0.29, 0.717) is 10.6 Å². The predicted octanol–water partition coefficient (Wildman–Crippen LogP) is 6.60. The Kier molecular flexibility index (Phi) is 6.86. The molecule has 0 aliphatic carbocycles. The van der Waals surface area contributed by atoms with Gasteiger partial charge >= 0.3 is 5.97 Å². The van der Waals surface area contributed by atoms with E-state index < -0.39 is 11.9 Å². The fourth-order valence-corrected chi connectivity index (χ4v) is 4.60. The molecule has 0 unspecified atom stereocenters. The number of ether oxygens (including phenoxy) is 1. The summed E-state index contributed by atoms with van der Waals surface area (Å²) in [6.45, 7) is 3.93. The number of carbonyl (C=O) groups excluding carboxylic acids is 2. The van der Waals surface area contributed by atoms with Gasteiger partial charge in [-0.25, -0.2) is 4.79 Å². The zero-order valence-electron chi connectivity index (χ0n) is 18.8. The molecule has 0 saturated carbocycles.